The molecule has 1 aliphatic rings. The third kappa shape index (κ3) is 4.15. The third-order valence-electron chi connectivity index (χ3n) is 4.02. The van der Waals surface area contributed by atoms with Gasteiger partial charge in [-0.15, -0.1) is 0 Å². The van der Waals surface area contributed by atoms with Crippen molar-refractivity contribution >= 4 is 21.5 Å². The molecule has 4 rings (SSSR count). The minimum absolute atomic E-state index is 0.0918. The summed E-state index contributed by atoms with van der Waals surface area (Å²) in [5, 5.41) is 3.14. The van der Waals surface area contributed by atoms with Crippen molar-refractivity contribution in [3.63, 3.8) is 0 Å². The fraction of sp³-hybridized carbons (Fsp3) is 0.158. The standard InChI is InChI=1S/C19H18N4O4S/c24-28(25,16-5-6-17-18(11-16)27-10-9-26-17)23-15-4-7-19(22-13-15)21-12-14-3-1-2-8-20-14/h1-8,11,13,23H,9-10,12H2,(H,21,22). The Kier molecular flexibility index (Phi) is 4.98. The Balaban J connectivity index is 1.43. The number of anilines is 2. The fourth-order valence-electron chi connectivity index (χ4n) is 2.65. The van der Waals surface area contributed by atoms with Crippen molar-refractivity contribution in [2.24, 2.45) is 0 Å². The number of hydrogen-bond acceptors (Lipinski definition) is 7. The first-order chi connectivity index (χ1) is 13.6. The largest absolute Gasteiger partial charge is 0.486 e. The summed E-state index contributed by atoms with van der Waals surface area (Å²) < 4.78 is 38.6. The number of sulfonamides is 1. The van der Waals surface area contributed by atoms with E-state index in [1.807, 2.05) is 18.2 Å². The van der Waals surface area contributed by atoms with Gasteiger partial charge in [0.1, 0.15) is 19.0 Å². The zero-order chi connectivity index (χ0) is 19.4. The first-order valence-corrected chi connectivity index (χ1v) is 10.1. The number of nitrogens with zero attached hydrogens (tertiary/aromatic N) is 2. The molecule has 0 saturated carbocycles. The third-order valence-corrected chi connectivity index (χ3v) is 5.40. The van der Waals surface area contributed by atoms with Gasteiger partial charge in [0.05, 0.1) is 29.0 Å². The number of nitrogens with one attached hydrogen (secondary N) is 2. The van der Waals surface area contributed by atoms with E-state index in [1.165, 1.54) is 18.3 Å². The van der Waals surface area contributed by atoms with Gasteiger partial charge in [0.25, 0.3) is 10.0 Å². The highest BCUT2D eigenvalue weighted by atomic mass is 32.2. The highest BCUT2D eigenvalue weighted by molar-refractivity contribution is 7.92. The van der Waals surface area contributed by atoms with E-state index >= 15 is 0 Å². The lowest BCUT2D eigenvalue weighted by Gasteiger charge is -2.19. The van der Waals surface area contributed by atoms with Crippen LogP contribution in [0.4, 0.5) is 11.5 Å². The van der Waals surface area contributed by atoms with Gasteiger partial charge in [0, 0.05) is 12.3 Å². The molecular weight excluding hydrogens is 380 g/mol. The average molecular weight is 398 g/mol. The molecule has 0 unspecified atom stereocenters. The van der Waals surface area contributed by atoms with Gasteiger partial charge in [-0.2, -0.15) is 0 Å². The van der Waals surface area contributed by atoms with Crippen molar-refractivity contribution in [3.8, 4) is 11.5 Å². The highest BCUT2D eigenvalue weighted by Gasteiger charge is 2.19. The smallest absolute Gasteiger partial charge is 0.262 e. The second-order valence-electron chi connectivity index (χ2n) is 6.02. The molecule has 2 aromatic heterocycles. The van der Waals surface area contributed by atoms with Crippen LogP contribution in [0.2, 0.25) is 0 Å². The predicted molar refractivity (Wildman–Crippen MR) is 104 cm³/mol. The van der Waals surface area contributed by atoms with E-state index in [4.69, 9.17) is 9.47 Å². The monoisotopic (exact) mass is 398 g/mol. The lowest BCUT2D eigenvalue weighted by molar-refractivity contribution is 0.171. The maximum atomic E-state index is 12.6. The lowest BCUT2D eigenvalue weighted by Crippen LogP contribution is -2.17. The Bertz CT molecular complexity index is 1060. The molecule has 9 heteroatoms. The molecule has 144 valence electrons. The Morgan fingerprint density at radius 3 is 2.57 bits per heavy atom. The summed E-state index contributed by atoms with van der Waals surface area (Å²) in [7, 11) is -3.77. The van der Waals surface area contributed by atoms with E-state index in [0.29, 0.717) is 42.8 Å². The number of benzene rings is 1. The fourth-order valence-corrected chi connectivity index (χ4v) is 3.71. The maximum absolute atomic E-state index is 12.6. The van der Waals surface area contributed by atoms with Crippen molar-refractivity contribution < 1.29 is 17.9 Å². The molecule has 1 aromatic carbocycles. The molecule has 0 saturated heterocycles. The van der Waals surface area contributed by atoms with Crippen LogP contribution in [0.15, 0.2) is 65.8 Å². The molecule has 3 heterocycles. The molecule has 1 aliphatic heterocycles. The zero-order valence-electron chi connectivity index (χ0n) is 14.8. The van der Waals surface area contributed by atoms with Crippen LogP contribution in [0, 0.1) is 0 Å². The van der Waals surface area contributed by atoms with E-state index in [2.05, 4.69) is 20.0 Å². The quantitative estimate of drug-likeness (QED) is 0.658. The molecule has 0 bridgehead atoms. The number of hydrogen-bond donors (Lipinski definition) is 2. The van der Waals surface area contributed by atoms with Gasteiger partial charge in [-0.05, 0) is 36.4 Å². The first-order valence-electron chi connectivity index (χ1n) is 8.62. The normalized spacial score (nSPS) is 13.0. The van der Waals surface area contributed by atoms with Crippen LogP contribution in [0.1, 0.15) is 5.69 Å². The number of rotatable bonds is 6. The van der Waals surface area contributed by atoms with E-state index in [9.17, 15) is 8.42 Å². The molecule has 0 radical (unpaired) electrons. The molecule has 0 amide bonds. The second kappa shape index (κ2) is 7.73. The predicted octanol–water partition coefficient (Wildman–Crippen LogP) is 2.66. The molecule has 2 N–H and O–H groups in total. The minimum Gasteiger partial charge on any atom is -0.486 e. The van der Waals surface area contributed by atoms with Crippen LogP contribution in [-0.4, -0.2) is 31.6 Å². The van der Waals surface area contributed by atoms with E-state index < -0.39 is 10.0 Å². The molecule has 28 heavy (non-hydrogen) atoms. The molecule has 3 aromatic rings. The number of fused-ring (bicyclic) bond motifs is 1. The lowest BCUT2D eigenvalue weighted by atomic mass is 10.3. The summed E-state index contributed by atoms with van der Waals surface area (Å²) in [5.41, 5.74) is 1.24. The van der Waals surface area contributed by atoms with Gasteiger partial charge in [-0.1, -0.05) is 6.07 Å². The maximum Gasteiger partial charge on any atom is 0.262 e. The van der Waals surface area contributed by atoms with Crippen molar-refractivity contribution in [2.75, 3.05) is 23.3 Å². The van der Waals surface area contributed by atoms with Crippen LogP contribution in [0.5, 0.6) is 11.5 Å². The molecule has 0 aliphatic carbocycles. The second-order valence-corrected chi connectivity index (χ2v) is 7.70. The van der Waals surface area contributed by atoms with Gasteiger partial charge in [0.2, 0.25) is 0 Å². The van der Waals surface area contributed by atoms with Gasteiger partial charge >= 0.3 is 0 Å². The van der Waals surface area contributed by atoms with Gasteiger partial charge in [-0.3, -0.25) is 9.71 Å². The summed E-state index contributed by atoms with van der Waals surface area (Å²) in [4.78, 5) is 8.55. The molecule has 0 spiro atoms. The topological polar surface area (TPSA) is 102 Å². The molecule has 0 fully saturated rings. The number of ether oxygens (including phenoxy) is 2. The summed E-state index contributed by atoms with van der Waals surface area (Å²) in [6.07, 6.45) is 3.18. The van der Waals surface area contributed by atoms with E-state index in [1.54, 1.807) is 24.4 Å². The van der Waals surface area contributed by atoms with E-state index in [0.717, 1.165) is 5.69 Å². The van der Waals surface area contributed by atoms with Crippen LogP contribution in [0.25, 0.3) is 0 Å². The Hall–Kier alpha value is -3.33. The average Bonchev–Trinajstić information content (AvgIpc) is 2.73. The Morgan fingerprint density at radius 1 is 0.964 bits per heavy atom. The number of aromatic nitrogens is 2. The van der Waals surface area contributed by atoms with Crippen molar-refractivity contribution in [1.82, 2.24) is 9.97 Å². The van der Waals surface area contributed by atoms with Gasteiger partial charge < -0.3 is 14.8 Å². The molecule has 0 atom stereocenters. The SMILES string of the molecule is O=S(=O)(Nc1ccc(NCc2ccccn2)nc1)c1ccc2c(c1)OCCO2. The zero-order valence-corrected chi connectivity index (χ0v) is 15.6. The Morgan fingerprint density at radius 2 is 1.82 bits per heavy atom. The van der Waals surface area contributed by atoms with Crippen LogP contribution >= 0.6 is 0 Å². The van der Waals surface area contributed by atoms with Crippen molar-refractivity contribution in [2.45, 2.75) is 11.4 Å². The molecule has 8 nitrogen and oxygen atoms in total. The summed E-state index contributed by atoms with van der Waals surface area (Å²) in [6, 6.07) is 13.5. The summed E-state index contributed by atoms with van der Waals surface area (Å²) in [6.45, 7) is 1.36. The highest BCUT2D eigenvalue weighted by Crippen LogP contribution is 2.32. The summed E-state index contributed by atoms with van der Waals surface area (Å²) in [5.74, 6) is 1.57. The van der Waals surface area contributed by atoms with Crippen LogP contribution < -0.4 is 19.5 Å². The Labute approximate surface area is 162 Å². The van der Waals surface area contributed by atoms with Crippen LogP contribution in [-0.2, 0) is 16.6 Å². The molecular formula is C19H18N4O4S. The van der Waals surface area contributed by atoms with Crippen molar-refractivity contribution in [3.05, 3.63) is 66.6 Å². The van der Waals surface area contributed by atoms with Gasteiger partial charge in [-0.25, -0.2) is 13.4 Å². The summed E-state index contributed by atoms with van der Waals surface area (Å²) >= 11 is 0. The first kappa shape index (κ1) is 18.1. The van der Waals surface area contributed by atoms with Crippen molar-refractivity contribution in [1.29, 1.82) is 0 Å². The van der Waals surface area contributed by atoms with Crippen LogP contribution in [0.3, 0.4) is 0 Å². The minimum atomic E-state index is -3.77. The number of pyridine rings is 2. The van der Waals surface area contributed by atoms with Gasteiger partial charge in [0.15, 0.2) is 11.5 Å². The van der Waals surface area contributed by atoms with E-state index in [-0.39, 0.29) is 4.90 Å².